The monoisotopic (exact) mass is 287 g/mol. The number of anilines is 1. The normalized spacial score (nSPS) is 10.2. The van der Waals surface area contributed by atoms with Crippen molar-refractivity contribution in [2.24, 2.45) is 0 Å². The second-order valence-electron chi connectivity index (χ2n) is 4.73. The molecule has 1 amide bonds. The van der Waals surface area contributed by atoms with Crippen LogP contribution in [0.25, 0.3) is 0 Å². The van der Waals surface area contributed by atoms with E-state index in [4.69, 9.17) is 0 Å². The molecule has 21 heavy (non-hydrogen) atoms. The first-order valence-corrected chi connectivity index (χ1v) is 6.78. The fraction of sp³-hybridized carbons (Fsp3) is 0.250. The number of pyridine rings is 1. The molecule has 110 valence electrons. The number of amides is 1. The number of aromatic nitrogens is 1. The van der Waals surface area contributed by atoms with Crippen molar-refractivity contribution < 1.29 is 9.18 Å². The van der Waals surface area contributed by atoms with Gasteiger partial charge in [-0.05, 0) is 30.5 Å². The molecular formula is C16H18FN3O. The Bertz CT molecular complexity index is 643. The lowest BCUT2D eigenvalue weighted by atomic mass is 10.1. The highest BCUT2D eigenvalue weighted by Gasteiger charge is 2.12. The Hall–Kier alpha value is -2.43. The third-order valence-electron chi connectivity index (χ3n) is 3.28. The second-order valence-corrected chi connectivity index (χ2v) is 4.73. The Labute approximate surface area is 123 Å². The zero-order valence-corrected chi connectivity index (χ0v) is 12.1. The Kier molecular flexibility index (Phi) is 4.87. The van der Waals surface area contributed by atoms with E-state index in [1.165, 1.54) is 17.2 Å². The first-order chi connectivity index (χ1) is 10.1. The quantitative estimate of drug-likeness (QED) is 0.888. The third kappa shape index (κ3) is 3.78. The van der Waals surface area contributed by atoms with Crippen molar-refractivity contribution in [3.05, 3.63) is 59.0 Å². The topological polar surface area (TPSA) is 54.0 Å². The molecule has 0 radical (unpaired) electrons. The van der Waals surface area contributed by atoms with Crippen LogP contribution < -0.4 is 10.6 Å². The van der Waals surface area contributed by atoms with Gasteiger partial charge in [0.25, 0.3) is 5.91 Å². The molecule has 0 aliphatic heterocycles. The first kappa shape index (κ1) is 15.0. The first-order valence-electron chi connectivity index (χ1n) is 6.78. The number of carbonyl (C=O) groups is 1. The molecule has 0 bridgehead atoms. The van der Waals surface area contributed by atoms with Crippen LogP contribution in [-0.2, 0) is 6.42 Å². The van der Waals surface area contributed by atoms with Crippen molar-refractivity contribution in [1.82, 2.24) is 10.3 Å². The lowest BCUT2D eigenvalue weighted by Gasteiger charge is -2.10. The number of carbonyl (C=O) groups excluding carboxylic acids is 1. The van der Waals surface area contributed by atoms with Crippen molar-refractivity contribution in [2.75, 3.05) is 18.9 Å². The minimum Gasteiger partial charge on any atom is -0.372 e. The molecule has 0 saturated carbocycles. The molecule has 0 atom stereocenters. The summed E-state index contributed by atoms with van der Waals surface area (Å²) >= 11 is 0. The van der Waals surface area contributed by atoms with Crippen LogP contribution in [0.1, 0.15) is 21.5 Å². The number of halogens is 1. The van der Waals surface area contributed by atoms with E-state index in [2.05, 4.69) is 15.6 Å². The van der Waals surface area contributed by atoms with E-state index >= 15 is 0 Å². The lowest BCUT2D eigenvalue weighted by molar-refractivity contribution is 0.0954. The number of nitrogens with one attached hydrogen (secondary N) is 2. The maximum absolute atomic E-state index is 13.2. The number of aryl methyl sites for hydroxylation is 1. The second kappa shape index (κ2) is 6.83. The third-order valence-corrected chi connectivity index (χ3v) is 3.28. The van der Waals surface area contributed by atoms with Crippen molar-refractivity contribution in [3.63, 3.8) is 0 Å². The molecule has 1 aromatic carbocycles. The Balaban J connectivity index is 1.99. The van der Waals surface area contributed by atoms with Crippen molar-refractivity contribution in [2.45, 2.75) is 13.3 Å². The molecule has 0 saturated heterocycles. The highest BCUT2D eigenvalue weighted by Crippen LogP contribution is 2.13. The molecular weight excluding hydrogens is 269 g/mol. The molecule has 2 rings (SSSR count). The number of rotatable bonds is 5. The van der Waals surface area contributed by atoms with Gasteiger partial charge in [-0.2, -0.15) is 0 Å². The Morgan fingerprint density at radius 1 is 1.33 bits per heavy atom. The van der Waals surface area contributed by atoms with Gasteiger partial charge < -0.3 is 10.6 Å². The summed E-state index contributed by atoms with van der Waals surface area (Å²) in [5.41, 5.74) is 2.58. The summed E-state index contributed by atoms with van der Waals surface area (Å²) in [7, 11) is 1.64. The van der Waals surface area contributed by atoms with Gasteiger partial charge in [-0.3, -0.25) is 4.79 Å². The summed E-state index contributed by atoms with van der Waals surface area (Å²) in [6.07, 6.45) is 1.81. The summed E-state index contributed by atoms with van der Waals surface area (Å²) in [4.78, 5) is 15.9. The SMILES string of the molecule is CNc1ncc(F)cc1C(=O)NCCc1ccccc1C. The van der Waals surface area contributed by atoms with Gasteiger partial charge in [-0.1, -0.05) is 24.3 Å². The van der Waals surface area contributed by atoms with E-state index in [1.54, 1.807) is 7.05 Å². The van der Waals surface area contributed by atoms with Crippen molar-refractivity contribution in [1.29, 1.82) is 0 Å². The highest BCUT2D eigenvalue weighted by molar-refractivity contribution is 5.98. The van der Waals surface area contributed by atoms with Crippen LogP contribution in [0.4, 0.5) is 10.2 Å². The zero-order valence-electron chi connectivity index (χ0n) is 12.1. The molecule has 1 aromatic heterocycles. The zero-order chi connectivity index (χ0) is 15.2. The van der Waals surface area contributed by atoms with Crippen LogP contribution in [0.5, 0.6) is 0 Å². The van der Waals surface area contributed by atoms with Gasteiger partial charge >= 0.3 is 0 Å². The molecule has 0 aliphatic rings. The average molecular weight is 287 g/mol. The predicted octanol–water partition coefficient (Wildman–Crippen LogP) is 2.54. The van der Waals surface area contributed by atoms with Crippen LogP contribution in [0, 0.1) is 12.7 Å². The molecule has 0 fully saturated rings. The van der Waals surface area contributed by atoms with Crippen molar-refractivity contribution >= 4 is 11.7 Å². The van der Waals surface area contributed by atoms with E-state index < -0.39 is 5.82 Å². The minimum atomic E-state index is -0.530. The van der Waals surface area contributed by atoms with Gasteiger partial charge in [0.2, 0.25) is 0 Å². The number of hydrogen-bond acceptors (Lipinski definition) is 3. The largest absolute Gasteiger partial charge is 0.372 e. The predicted molar refractivity (Wildman–Crippen MR) is 81.0 cm³/mol. The van der Waals surface area contributed by atoms with Crippen LogP contribution in [0.2, 0.25) is 0 Å². The molecule has 4 nitrogen and oxygen atoms in total. The molecule has 0 aliphatic carbocycles. The number of nitrogens with zero attached hydrogens (tertiary/aromatic N) is 1. The minimum absolute atomic E-state index is 0.210. The molecule has 1 heterocycles. The number of hydrogen-bond donors (Lipinski definition) is 2. The fourth-order valence-corrected chi connectivity index (χ4v) is 2.11. The van der Waals surface area contributed by atoms with E-state index in [1.807, 2.05) is 31.2 Å². The van der Waals surface area contributed by atoms with Gasteiger partial charge in [0.15, 0.2) is 0 Å². The summed E-state index contributed by atoms with van der Waals surface area (Å²) in [5, 5.41) is 5.57. The lowest BCUT2D eigenvalue weighted by Crippen LogP contribution is -2.27. The van der Waals surface area contributed by atoms with Crippen LogP contribution in [-0.4, -0.2) is 24.5 Å². The Morgan fingerprint density at radius 2 is 2.10 bits per heavy atom. The summed E-state index contributed by atoms with van der Waals surface area (Å²) in [6.45, 7) is 2.52. The molecule has 0 unspecified atom stereocenters. The highest BCUT2D eigenvalue weighted by atomic mass is 19.1. The molecule has 0 spiro atoms. The van der Waals surface area contributed by atoms with E-state index in [9.17, 15) is 9.18 Å². The Morgan fingerprint density at radius 3 is 2.81 bits per heavy atom. The van der Waals surface area contributed by atoms with Crippen LogP contribution in [0.15, 0.2) is 36.5 Å². The average Bonchev–Trinajstić information content (AvgIpc) is 2.49. The van der Waals surface area contributed by atoms with E-state index in [0.29, 0.717) is 12.4 Å². The molecule has 2 aromatic rings. The molecule has 5 heteroatoms. The van der Waals surface area contributed by atoms with Crippen LogP contribution in [0.3, 0.4) is 0 Å². The van der Waals surface area contributed by atoms with Crippen molar-refractivity contribution in [3.8, 4) is 0 Å². The number of benzene rings is 1. The van der Waals surface area contributed by atoms with E-state index in [0.717, 1.165) is 12.6 Å². The standard InChI is InChI=1S/C16H18FN3O/c1-11-5-3-4-6-12(11)7-8-19-16(21)14-9-13(17)10-20-15(14)18-2/h3-6,9-10H,7-8H2,1-2H3,(H,18,20)(H,19,21). The summed E-state index contributed by atoms with van der Waals surface area (Å²) in [5.74, 6) is -0.497. The maximum atomic E-state index is 13.2. The summed E-state index contributed by atoms with van der Waals surface area (Å²) < 4.78 is 13.2. The smallest absolute Gasteiger partial charge is 0.255 e. The van der Waals surface area contributed by atoms with Gasteiger partial charge in [0.05, 0.1) is 11.8 Å². The maximum Gasteiger partial charge on any atom is 0.255 e. The van der Waals surface area contributed by atoms with Crippen LogP contribution >= 0.6 is 0 Å². The van der Waals surface area contributed by atoms with E-state index in [-0.39, 0.29) is 11.5 Å². The fourth-order valence-electron chi connectivity index (χ4n) is 2.11. The summed E-state index contributed by atoms with van der Waals surface area (Å²) in [6, 6.07) is 9.20. The van der Waals surface area contributed by atoms with Gasteiger partial charge in [-0.15, -0.1) is 0 Å². The van der Waals surface area contributed by atoms with Gasteiger partial charge in [-0.25, -0.2) is 9.37 Å². The molecule has 2 N–H and O–H groups in total. The van der Waals surface area contributed by atoms with Gasteiger partial charge in [0, 0.05) is 13.6 Å². The van der Waals surface area contributed by atoms with Gasteiger partial charge in [0.1, 0.15) is 11.6 Å².